The van der Waals surface area contributed by atoms with Crippen LogP contribution in [0.2, 0.25) is 0 Å². The minimum absolute atomic E-state index is 0.353. The summed E-state index contributed by atoms with van der Waals surface area (Å²) in [6.45, 7) is 4.19. The number of anilines is 1. The van der Waals surface area contributed by atoms with Crippen LogP contribution in [-0.4, -0.2) is 11.0 Å². The van der Waals surface area contributed by atoms with Crippen LogP contribution in [0.25, 0.3) is 0 Å². The second kappa shape index (κ2) is 4.96. The largest absolute Gasteiger partial charge is 0.378 e. The third-order valence-corrected chi connectivity index (χ3v) is 4.52. The molecule has 1 atom stereocenters. The molecular weight excluding hydrogens is 270 g/mol. The van der Waals surface area contributed by atoms with Crippen molar-refractivity contribution in [3.63, 3.8) is 0 Å². The molecule has 0 aromatic heterocycles. The first-order chi connectivity index (χ1) is 9.54. The Morgan fingerprint density at radius 3 is 2.50 bits per heavy atom. The van der Waals surface area contributed by atoms with Gasteiger partial charge in [-0.15, -0.1) is 0 Å². The quantitative estimate of drug-likeness (QED) is 0.888. The summed E-state index contributed by atoms with van der Waals surface area (Å²) in [6, 6.07) is 12.0. The number of benzene rings is 2. The van der Waals surface area contributed by atoms with Gasteiger partial charge < -0.3 is 10.4 Å². The summed E-state index contributed by atoms with van der Waals surface area (Å²) in [5, 5.41) is 12.4. The smallest absolute Gasteiger partial charge is 0.257 e. The second-order valence-electron chi connectivity index (χ2n) is 4.99. The van der Waals surface area contributed by atoms with E-state index < -0.39 is 6.10 Å². The maximum atomic E-state index is 11.4. The van der Waals surface area contributed by atoms with Gasteiger partial charge in [0.15, 0.2) is 6.10 Å². The average molecular weight is 285 g/mol. The summed E-state index contributed by atoms with van der Waals surface area (Å²) >= 11 is 1.65. The third-order valence-electron chi connectivity index (χ3n) is 3.54. The van der Waals surface area contributed by atoms with E-state index in [1.54, 1.807) is 17.8 Å². The second-order valence-corrected chi connectivity index (χ2v) is 6.14. The summed E-state index contributed by atoms with van der Waals surface area (Å²) in [5.41, 5.74) is 3.90. The SMILES string of the molecule is Cc1ccc(Sc2ccc3c(c2)NC(=O)C3O)cc1C. The van der Waals surface area contributed by atoms with E-state index in [2.05, 4.69) is 37.4 Å². The van der Waals surface area contributed by atoms with Crippen LogP contribution in [0.3, 0.4) is 0 Å². The van der Waals surface area contributed by atoms with Gasteiger partial charge in [0.25, 0.3) is 5.91 Å². The lowest BCUT2D eigenvalue weighted by molar-refractivity contribution is -0.123. The Morgan fingerprint density at radius 1 is 1.05 bits per heavy atom. The number of aliphatic hydroxyl groups excluding tert-OH is 1. The zero-order valence-corrected chi connectivity index (χ0v) is 12.1. The molecule has 1 amide bonds. The predicted octanol–water partition coefficient (Wildman–Crippen LogP) is 3.44. The molecule has 20 heavy (non-hydrogen) atoms. The highest BCUT2D eigenvalue weighted by Gasteiger charge is 2.28. The number of aliphatic hydroxyl groups is 1. The Labute approximate surface area is 122 Å². The van der Waals surface area contributed by atoms with Gasteiger partial charge in [-0.3, -0.25) is 4.79 Å². The lowest BCUT2D eigenvalue weighted by atomic mass is 10.1. The Hall–Kier alpha value is -1.78. The van der Waals surface area contributed by atoms with Gasteiger partial charge in [0.1, 0.15) is 0 Å². The number of amides is 1. The number of fused-ring (bicyclic) bond motifs is 1. The summed E-state index contributed by atoms with van der Waals surface area (Å²) < 4.78 is 0. The zero-order valence-electron chi connectivity index (χ0n) is 11.3. The molecule has 2 aromatic rings. The van der Waals surface area contributed by atoms with Crippen molar-refractivity contribution >= 4 is 23.4 Å². The molecule has 1 heterocycles. The molecular formula is C16H15NO2S. The molecule has 0 bridgehead atoms. The number of carbonyl (C=O) groups is 1. The van der Waals surface area contributed by atoms with Crippen LogP contribution in [-0.2, 0) is 4.79 Å². The van der Waals surface area contributed by atoms with Crippen LogP contribution in [0, 0.1) is 13.8 Å². The van der Waals surface area contributed by atoms with Gasteiger partial charge in [-0.2, -0.15) is 0 Å². The van der Waals surface area contributed by atoms with Gasteiger partial charge >= 0.3 is 0 Å². The van der Waals surface area contributed by atoms with Gasteiger partial charge in [-0.25, -0.2) is 0 Å². The van der Waals surface area contributed by atoms with E-state index in [0.717, 1.165) is 9.79 Å². The Balaban J connectivity index is 1.87. The van der Waals surface area contributed by atoms with Crippen LogP contribution in [0.5, 0.6) is 0 Å². The van der Waals surface area contributed by atoms with Crippen molar-refractivity contribution in [3.8, 4) is 0 Å². The molecule has 2 aromatic carbocycles. The molecule has 0 spiro atoms. The van der Waals surface area contributed by atoms with Crippen molar-refractivity contribution in [2.45, 2.75) is 29.7 Å². The molecule has 0 fully saturated rings. The summed E-state index contributed by atoms with van der Waals surface area (Å²) in [7, 11) is 0. The number of carbonyl (C=O) groups excluding carboxylic acids is 1. The van der Waals surface area contributed by atoms with E-state index in [1.807, 2.05) is 12.1 Å². The fraction of sp³-hybridized carbons (Fsp3) is 0.188. The summed E-state index contributed by atoms with van der Waals surface area (Å²) in [4.78, 5) is 13.6. The normalized spacial score (nSPS) is 16.9. The Bertz CT molecular complexity index is 697. The minimum atomic E-state index is -1.04. The summed E-state index contributed by atoms with van der Waals surface area (Å²) in [5.74, 6) is -0.353. The molecule has 2 N–H and O–H groups in total. The van der Waals surface area contributed by atoms with Gasteiger partial charge in [-0.1, -0.05) is 23.9 Å². The molecule has 1 aliphatic rings. The highest BCUT2D eigenvalue weighted by molar-refractivity contribution is 7.99. The molecule has 0 radical (unpaired) electrons. The molecule has 1 aliphatic heterocycles. The van der Waals surface area contributed by atoms with Crippen LogP contribution in [0.4, 0.5) is 5.69 Å². The minimum Gasteiger partial charge on any atom is -0.378 e. The van der Waals surface area contributed by atoms with Crippen LogP contribution in [0.1, 0.15) is 22.8 Å². The van der Waals surface area contributed by atoms with Gasteiger partial charge in [0.05, 0.1) is 0 Å². The highest BCUT2D eigenvalue weighted by atomic mass is 32.2. The van der Waals surface area contributed by atoms with Crippen LogP contribution >= 0.6 is 11.8 Å². The van der Waals surface area contributed by atoms with Gasteiger partial charge in [-0.05, 0) is 49.2 Å². The maximum Gasteiger partial charge on any atom is 0.257 e. The van der Waals surface area contributed by atoms with E-state index >= 15 is 0 Å². The van der Waals surface area contributed by atoms with E-state index in [4.69, 9.17) is 0 Å². The molecule has 3 rings (SSSR count). The van der Waals surface area contributed by atoms with E-state index in [1.165, 1.54) is 11.1 Å². The van der Waals surface area contributed by atoms with Crippen molar-refractivity contribution < 1.29 is 9.90 Å². The Kier molecular flexibility index (Phi) is 3.28. The predicted molar refractivity (Wildman–Crippen MR) is 80.1 cm³/mol. The molecule has 3 nitrogen and oxygen atoms in total. The van der Waals surface area contributed by atoms with E-state index in [0.29, 0.717) is 11.3 Å². The monoisotopic (exact) mass is 285 g/mol. The number of hydrogen-bond donors (Lipinski definition) is 2. The number of aryl methyl sites for hydroxylation is 2. The van der Waals surface area contributed by atoms with Gasteiger partial charge in [0, 0.05) is 21.0 Å². The first-order valence-electron chi connectivity index (χ1n) is 6.42. The summed E-state index contributed by atoms with van der Waals surface area (Å²) in [6.07, 6.45) is -1.04. The standard InChI is InChI=1S/C16H15NO2S/c1-9-3-4-11(7-10(9)2)20-12-5-6-13-14(8-12)17-16(19)15(13)18/h3-8,15,18H,1-2H3,(H,17,19). The fourth-order valence-corrected chi connectivity index (χ4v) is 3.16. The third kappa shape index (κ3) is 2.32. The molecule has 0 aliphatic carbocycles. The van der Waals surface area contributed by atoms with Crippen molar-refractivity contribution in [2.24, 2.45) is 0 Å². The van der Waals surface area contributed by atoms with Crippen molar-refractivity contribution in [1.29, 1.82) is 0 Å². The Morgan fingerprint density at radius 2 is 1.75 bits per heavy atom. The van der Waals surface area contributed by atoms with E-state index in [-0.39, 0.29) is 5.91 Å². The average Bonchev–Trinajstić information content (AvgIpc) is 2.69. The zero-order chi connectivity index (χ0) is 14.3. The van der Waals surface area contributed by atoms with Crippen molar-refractivity contribution in [1.82, 2.24) is 0 Å². The van der Waals surface area contributed by atoms with E-state index in [9.17, 15) is 9.90 Å². The first kappa shape index (κ1) is 13.2. The number of hydrogen-bond acceptors (Lipinski definition) is 3. The van der Waals surface area contributed by atoms with Crippen molar-refractivity contribution in [2.75, 3.05) is 5.32 Å². The molecule has 0 saturated heterocycles. The fourth-order valence-electron chi connectivity index (χ4n) is 2.20. The molecule has 1 unspecified atom stereocenters. The highest BCUT2D eigenvalue weighted by Crippen LogP contribution is 2.36. The maximum absolute atomic E-state index is 11.4. The number of nitrogens with one attached hydrogen (secondary N) is 1. The van der Waals surface area contributed by atoms with Gasteiger partial charge in [0.2, 0.25) is 0 Å². The molecule has 102 valence electrons. The van der Waals surface area contributed by atoms with Crippen LogP contribution < -0.4 is 5.32 Å². The topological polar surface area (TPSA) is 49.3 Å². The van der Waals surface area contributed by atoms with Crippen LogP contribution in [0.15, 0.2) is 46.2 Å². The number of rotatable bonds is 2. The van der Waals surface area contributed by atoms with Crippen molar-refractivity contribution in [3.05, 3.63) is 53.1 Å². The molecule has 0 saturated carbocycles. The molecule has 4 heteroatoms. The lowest BCUT2D eigenvalue weighted by Gasteiger charge is -2.07. The lowest BCUT2D eigenvalue weighted by Crippen LogP contribution is -2.10. The first-order valence-corrected chi connectivity index (χ1v) is 7.24.